The number of rotatable bonds is 1. The van der Waals surface area contributed by atoms with Crippen LogP contribution in [0.1, 0.15) is 2.85 Å². The molecule has 0 aromatic heterocycles. The zero-order valence-corrected chi connectivity index (χ0v) is 4.69. The van der Waals surface area contributed by atoms with Crippen molar-refractivity contribution >= 4 is 23.1 Å². The fraction of sp³-hybridized carbons (Fsp3) is 0. The minimum Gasteiger partial charge on any atom is -1.00 e. The molecule has 0 heterocycles. The summed E-state index contributed by atoms with van der Waals surface area (Å²) >= 11 is 0. The van der Waals surface area contributed by atoms with Crippen molar-refractivity contribution in [3.8, 4) is 0 Å². The van der Waals surface area contributed by atoms with Gasteiger partial charge in [-0.15, -0.1) is 0 Å². The second-order valence-corrected chi connectivity index (χ2v) is 0.471. The molecule has 0 aliphatic carbocycles. The first kappa shape index (κ1) is 8.98. The van der Waals surface area contributed by atoms with Crippen molar-refractivity contribution in [3.05, 3.63) is 25.3 Å². The van der Waals surface area contributed by atoms with Gasteiger partial charge in [-0.3, -0.25) is 0 Å². The molecule has 0 N–H and O–H groups in total. The molecule has 0 saturated heterocycles. The Labute approximate surface area is 51.7 Å². The van der Waals surface area contributed by atoms with Gasteiger partial charge in [0.15, 0.2) is 0 Å². The third-order valence-electron chi connectivity index (χ3n) is 0.167. The summed E-state index contributed by atoms with van der Waals surface area (Å²) in [6.45, 7) is 6.72. The van der Waals surface area contributed by atoms with Crippen molar-refractivity contribution in [3.63, 3.8) is 0 Å². The second-order valence-electron chi connectivity index (χ2n) is 0.471. The van der Waals surface area contributed by atoms with Crippen LogP contribution in [0.25, 0.3) is 0 Å². The van der Waals surface area contributed by atoms with Crippen molar-refractivity contribution in [1.29, 1.82) is 0 Å². The van der Waals surface area contributed by atoms with Crippen LogP contribution in [0.4, 0.5) is 0 Å². The van der Waals surface area contributed by atoms with Gasteiger partial charge in [0.25, 0.3) is 0 Å². The van der Waals surface area contributed by atoms with Gasteiger partial charge < -0.3 is 2.85 Å². The van der Waals surface area contributed by atoms with E-state index in [-0.39, 0.29) is 25.9 Å². The Hall–Kier alpha value is 0.246. The molecule has 0 fully saturated rings. The van der Waals surface area contributed by atoms with Crippen molar-refractivity contribution in [2.45, 2.75) is 0 Å². The maximum Gasteiger partial charge on any atom is 2.00 e. The smallest absolute Gasteiger partial charge is 1.00 e. The molecule has 0 spiro atoms. The van der Waals surface area contributed by atoms with E-state index in [1.54, 1.807) is 12.2 Å². The van der Waals surface area contributed by atoms with Crippen molar-refractivity contribution in [1.82, 2.24) is 0 Å². The standard InChI is InChI=1S/C4H6.Mg.2H/c1-3-4-2;;;/h3-4H,1-2H2;;;/q;+2;2*-1. The van der Waals surface area contributed by atoms with Crippen LogP contribution in [0.5, 0.6) is 0 Å². The SMILES string of the molecule is C=CC=C.[H-].[H-].[Mg+2]. The molecule has 0 unspecified atom stereocenters. The summed E-state index contributed by atoms with van der Waals surface area (Å²) in [6, 6.07) is 0. The fourth-order valence-electron chi connectivity index (χ4n) is 0. The van der Waals surface area contributed by atoms with Gasteiger partial charge in [-0.1, -0.05) is 25.3 Å². The second kappa shape index (κ2) is 8.87. The van der Waals surface area contributed by atoms with Crippen LogP contribution in [-0.4, -0.2) is 23.1 Å². The van der Waals surface area contributed by atoms with E-state index in [4.69, 9.17) is 0 Å². The van der Waals surface area contributed by atoms with Gasteiger partial charge in [0, 0.05) is 0 Å². The first-order valence-electron chi connectivity index (χ1n) is 1.15. The quantitative estimate of drug-likeness (QED) is 0.328. The van der Waals surface area contributed by atoms with Gasteiger partial charge in [0.05, 0.1) is 0 Å². The zero-order valence-electron chi connectivity index (χ0n) is 5.28. The average molecular weight is 80.4 g/mol. The Morgan fingerprint density at radius 2 is 1.40 bits per heavy atom. The first-order chi connectivity index (χ1) is 1.91. The molecule has 0 rings (SSSR count). The van der Waals surface area contributed by atoms with Crippen LogP contribution < -0.4 is 0 Å². The van der Waals surface area contributed by atoms with E-state index in [0.717, 1.165) is 0 Å². The molecule has 0 radical (unpaired) electrons. The van der Waals surface area contributed by atoms with E-state index in [0.29, 0.717) is 0 Å². The van der Waals surface area contributed by atoms with Crippen LogP contribution in [0.2, 0.25) is 0 Å². The van der Waals surface area contributed by atoms with Gasteiger partial charge in [0.2, 0.25) is 0 Å². The fourth-order valence-corrected chi connectivity index (χ4v) is 0. The third-order valence-corrected chi connectivity index (χ3v) is 0.167. The molecular formula is C4H8Mg. The zero-order chi connectivity index (χ0) is 3.41. The summed E-state index contributed by atoms with van der Waals surface area (Å²) in [5, 5.41) is 0. The predicted molar refractivity (Wildman–Crippen MR) is 28.4 cm³/mol. The summed E-state index contributed by atoms with van der Waals surface area (Å²) in [5.41, 5.74) is 0. The van der Waals surface area contributed by atoms with Gasteiger partial charge >= 0.3 is 23.1 Å². The van der Waals surface area contributed by atoms with E-state index in [2.05, 4.69) is 13.2 Å². The molecule has 0 aliphatic rings. The molecular weight excluding hydrogens is 72.3 g/mol. The molecule has 5 heavy (non-hydrogen) atoms. The van der Waals surface area contributed by atoms with Crippen molar-refractivity contribution in [2.75, 3.05) is 0 Å². The van der Waals surface area contributed by atoms with E-state index < -0.39 is 0 Å². The Morgan fingerprint density at radius 1 is 1.20 bits per heavy atom. The Morgan fingerprint density at radius 3 is 1.40 bits per heavy atom. The van der Waals surface area contributed by atoms with Crippen molar-refractivity contribution < 1.29 is 2.85 Å². The largest absolute Gasteiger partial charge is 2.00 e. The van der Waals surface area contributed by atoms with Crippen LogP contribution in [0, 0.1) is 0 Å². The summed E-state index contributed by atoms with van der Waals surface area (Å²) < 4.78 is 0. The van der Waals surface area contributed by atoms with Gasteiger partial charge in [-0.05, 0) is 0 Å². The maximum atomic E-state index is 3.36. The van der Waals surface area contributed by atoms with E-state index in [1.165, 1.54) is 0 Å². The van der Waals surface area contributed by atoms with Crippen LogP contribution in [0.15, 0.2) is 25.3 Å². The molecule has 0 aromatic rings. The summed E-state index contributed by atoms with van der Waals surface area (Å²) in [4.78, 5) is 0. The summed E-state index contributed by atoms with van der Waals surface area (Å²) in [6.07, 6.45) is 3.28. The Balaban J connectivity index is -0.0000000150. The molecule has 0 amide bonds. The van der Waals surface area contributed by atoms with E-state index in [1.807, 2.05) is 0 Å². The minimum atomic E-state index is 0. The Bertz CT molecular complexity index is 30.7. The molecule has 0 bridgehead atoms. The third kappa shape index (κ3) is 13.8. The predicted octanol–water partition coefficient (Wildman–Crippen LogP) is 1.20. The van der Waals surface area contributed by atoms with Crippen LogP contribution >= 0.6 is 0 Å². The molecule has 0 aromatic carbocycles. The summed E-state index contributed by atoms with van der Waals surface area (Å²) in [5.74, 6) is 0. The molecule has 0 saturated carbocycles. The maximum absolute atomic E-state index is 3.36. The number of allylic oxidation sites excluding steroid dienone is 2. The molecule has 26 valence electrons. The first-order valence-corrected chi connectivity index (χ1v) is 1.15. The molecule has 0 atom stereocenters. The Kier molecular flexibility index (Phi) is 15.9. The molecule has 0 nitrogen and oxygen atoms in total. The average Bonchev–Trinajstić information content (AvgIpc) is 1.37. The van der Waals surface area contributed by atoms with E-state index in [9.17, 15) is 0 Å². The van der Waals surface area contributed by atoms with Gasteiger partial charge in [-0.2, -0.15) is 0 Å². The van der Waals surface area contributed by atoms with Crippen LogP contribution in [0.3, 0.4) is 0 Å². The number of hydrogen-bond acceptors (Lipinski definition) is 0. The summed E-state index contributed by atoms with van der Waals surface area (Å²) in [7, 11) is 0. The molecule has 1 heteroatoms. The van der Waals surface area contributed by atoms with Crippen LogP contribution in [-0.2, 0) is 0 Å². The van der Waals surface area contributed by atoms with E-state index >= 15 is 0 Å². The van der Waals surface area contributed by atoms with Crippen molar-refractivity contribution in [2.24, 2.45) is 0 Å². The monoisotopic (exact) mass is 80.0 g/mol. The molecule has 0 aliphatic heterocycles. The minimum absolute atomic E-state index is 0. The topological polar surface area (TPSA) is 0 Å². The van der Waals surface area contributed by atoms with Gasteiger partial charge in [0.1, 0.15) is 0 Å². The normalized spacial score (nSPS) is 4.00. The number of hydrogen-bond donors (Lipinski definition) is 0. The van der Waals surface area contributed by atoms with Gasteiger partial charge in [-0.25, -0.2) is 0 Å².